The number of para-hydroxylation sites is 1. The molecule has 2 unspecified atom stereocenters. The summed E-state index contributed by atoms with van der Waals surface area (Å²) in [4.78, 5) is 0. The molecule has 2 atom stereocenters. The Morgan fingerprint density at radius 1 is 1.29 bits per heavy atom. The van der Waals surface area contributed by atoms with E-state index in [0.717, 1.165) is 12.3 Å². The topological polar surface area (TPSA) is 21.3 Å². The Bertz CT molecular complexity index is 351. The van der Waals surface area contributed by atoms with Crippen LogP contribution in [0.5, 0.6) is 5.75 Å². The van der Waals surface area contributed by atoms with Crippen molar-refractivity contribution >= 4 is 0 Å². The fourth-order valence-corrected chi connectivity index (χ4v) is 2.88. The summed E-state index contributed by atoms with van der Waals surface area (Å²) >= 11 is 0. The smallest absolute Gasteiger partial charge is 0.122 e. The zero-order chi connectivity index (χ0) is 12.1. The molecule has 0 aromatic heterocycles. The van der Waals surface area contributed by atoms with E-state index in [1.165, 1.54) is 31.2 Å². The zero-order valence-electron chi connectivity index (χ0n) is 10.9. The van der Waals surface area contributed by atoms with Gasteiger partial charge >= 0.3 is 0 Å². The number of hydrogen-bond acceptors (Lipinski definition) is 2. The molecule has 1 fully saturated rings. The lowest BCUT2D eigenvalue weighted by molar-refractivity contribution is 0.397. The van der Waals surface area contributed by atoms with Gasteiger partial charge < -0.3 is 10.1 Å². The van der Waals surface area contributed by atoms with Crippen molar-refractivity contribution in [3.63, 3.8) is 0 Å². The number of methoxy groups -OCH3 is 1. The Morgan fingerprint density at radius 3 is 2.88 bits per heavy atom. The normalized spacial score (nSPS) is 23.9. The molecule has 0 amide bonds. The van der Waals surface area contributed by atoms with Crippen molar-refractivity contribution in [1.82, 2.24) is 5.32 Å². The number of benzene rings is 1. The van der Waals surface area contributed by atoms with Crippen molar-refractivity contribution in [1.29, 1.82) is 0 Å². The van der Waals surface area contributed by atoms with Crippen molar-refractivity contribution in [2.75, 3.05) is 13.7 Å². The fraction of sp³-hybridized carbons (Fsp3) is 0.600. The largest absolute Gasteiger partial charge is 0.496 e. The Balaban J connectivity index is 2.14. The molecule has 0 spiro atoms. The molecule has 2 nitrogen and oxygen atoms in total. The van der Waals surface area contributed by atoms with Crippen LogP contribution in [0.25, 0.3) is 0 Å². The minimum Gasteiger partial charge on any atom is -0.496 e. The maximum atomic E-state index is 5.48. The highest BCUT2D eigenvalue weighted by atomic mass is 16.5. The van der Waals surface area contributed by atoms with Gasteiger partial charge in [0, 0.05) is 12.0 Å². The summed E-state index contributed by atoms with van der Waals surface area (Å²) < 4.78 is 5.48. The Hall–Kier alpha value is -1.02. The summed E-state index contributed by atoms with van der Waals surface area (Å²) in [5.74, 6) is 1.67. The van der Waals surface area contributed by atoms with Crippen LogP contribution in [-0.2, 0) is 0 Å². The van der Waals surface area contributed by atoms with Gasteiger partial charge in [-0.15, -0.1) is 0 Å². The van der Waals surface area contributed by atoms with Gasteiger partial charge in [0.2, 0.25) is 0 Å². The maximum Gasteiger partial charge on any atom is 0.122 e. The lowest BCUT2D eigenvalue weighted by Crippen LogP contribution is -2.31. The molecule has 0 saturated heterocycles. The second kappa shape index (κ2) is 6.06. The summed E-state index contributed by atoms with van der Waals surface area (Å²) in [5, 5.41) is 3.68. The van der Waals surface area contributed by atoms with Crippen molar-refractivity contribution < 1.29 is 4.74 Å². The van der Waals surface area contributed by atoms with E-state index in [0.29, 0.717) is 12.0 Å². The molecule has 94 valence electrons. The summed E-state index contributed by atoms with van der Waals surface area (Å²) in [6.45, 7) is 3.34. The number of nitrogens with one attached hydrogen (secondary N) is 1. The zero-order valence-corrected chi connectivity index (χ0v) is 10.9. The highest BCUT2D eigenvalue weighted by Gasteiger charge is 2.29. The standard InChI is InChI=1S/C15H23NO/c1-3-11-16-14-9-6-8-12(14)13-7-4-5-10-15(13)17-2/h4-5,7,10,12,14,16H,3,6,8-9,11H2,1-2H3. The first-order valence-corrected chi connectivity index (χ1v) is 6.73. The van der Waals surface area contributed by atoms with Gasteiger partial charge in [0.25, 0.3) is 0 Å². The average molecular weight is 233 g/mol. The van der Waals surface area contributed by atoms with Crippen molar-refractivity contribution in [2.45, 2.75) is 44.6 Å². The highest BCUT2D eigenvalue weighted by molar-refractivity contribution is 5.37. The fourth-order valence-electron chi connectivity index (χ4n) is 2.88. The Kier molecular flexibility index (Phi) is 4.43. The minimum atomic E-state index is 0.623. The molecule has 0 heterocycles. The van der Waals surface area contributed by atoms with E-state index in [9.17, 15) is 0 Å². The molecule has 2 heteroatoms. The highest BCUT2D eigenvalue weighted by Crippen LogP contribution is 2.38. The predicted octanol–water partition coefficient (Wildman–Crippen LogP) is 3.33. The van der Waals surface area contributed by atoms with Crippen LogP contribution in [0.1, 0.15) is 44.1 Å². The second-order valence-electron chi connectivity index (χ2n) is 4.84. The summed E-state index contributed by atoms with van der Waals surface area (Å²) in [5.41, 5.74) is 1.38. The van der Waals surface area contributed by atoms with Gasteiger partial charge in [-0.25, -0.2) is 0 Å². The molecule has 2 rings (SSSR count). The van der Waals surface area contributed by atoms with E-state index in [1.807, 2.05) is 6.07 Å². The monoisotopic (exact) mass is 233 g/mol. The lowest BCUT2D eigenvalue weighted by Gasteiger charge is -2.23. The van der Waals surface area contributed by atoms with Gasteiger partial charge in [-0.2, -0.15) is 0 Å². The van der Waals surface area contributed by atoms with Crippen molar-refractivity contribution in [3.05, 3.63) is 29.8 Å². The Labute approximate surface area is 104 Å². The summed E-state index contributed by atoms with van der Waals surface area (Å²) in [6.07, 6.45) is 5.10. The molecule has 1 aromatic rings. The molecule has 17 heavy (non-hydrogen) atoms. The average Bonchev–Trinajstić information content (AvgIpc) is 2.84. The number of ether oxygens (including phenoxy) is 1. The molecule has 1 aliphatic carbocycles. The first kappa shape index (κ1) is 12.4. The van der Waals surface area contributed by atoms with E-state index in [1.54, 1.807) is 7.11 Å². The number of rotatable bonds is 5. The molecule has 1 aliphatic rings. The van der Waals surface area contributed by atoms with Gasteiger partial charge in [0.05, 0.1) is 7.11 Å². The van der Waals surface area contributed by atoms with E-state index in [2.05, 4.69) is 30.4 Å². The molecule has 1 saturated carbocycles. The van der Waals surface area contributed by atoms with Crippen LogP contribution in [0.15, 0.2) is 24.3 Å². The van der Waals surface area contributed by atoms with Gasteiger partial charge in [0.1, 0.15) is 5.75 Å². The molecule has 0 aliphatic heterocycles. The van der Waals surface area contributed by atoms with Crippen LogP contribution in [0.4, 0.5) is 0 Å². The van der Waals surface area contributed by atoms with E-state index < -0.39 is 0 Å². The SMILES string of the molecule is CCCNC1CCCC1c1ccccc1OC. The van der Waals surface area contributed by atoms with Gasteiger partial charge in [-0.05, 0) is 37.4 Å². The molecule has 1 N–H and O–H groups in total. The van der Waals surface area contributed by atoms with Crippen molar-refractivity contribution in [3.8, 4) is 5.75 Å². The first-order chi connectivity index (χ1) is 8.36. The Morgan fingerprint density at radius 2 is 2.12 bits per heavy atom. The molecule has 0 bridgehead atoms. The predicted molar refractivity (Wildman–Crippen MR) is 71.7 cm³/mol. The van der Waals surface area contributed by atoms with E-state index in [4.69, 9.17) is 4.74 Å². The van der Waals surface area contributed by atoms with E-state index >= 15 is 0 Å². The first-order valence-electron chi connectivity index (χ1n) is 6.73. The van der Waals surface area contributed by atoms with Crippen LogP contribution in [0.2, 0.25) is 0 Å². The third kappa shape index (κ3) is 2.81. The quantitative estimate of drug-likeness (QED) is 0.842. The van der Waals surface area contributed by atoms with Gasteiger partial charge in [-0.1, -0.05) is 31.5 Å². The van der Waals surface area contributed by atoms with E-state index in [-0.39, 0.29) is 0 Å². The third-order valence-corrected chi connectivity index (χ3v) is 3.71. The van der Waals surface area contributed by atoms with Crippen LogP contribution in [0.3, 0.4) is 0 Å². The van der Waals surface area contributed by atoms with Gasteiger partial charge in [0.15, 0.2) is 0 Å². The van der Waals surface area contributed by atoms with Gasteiger partial charge in [-0.3, -0.25) is 0 Å². The molecule has 0 radical (unpaired) electrons. The third-order valence-electron chi connectivity index (χ3n) is 3.71. The summed E-state index contributed by atoms with van der Waals surface area (Å²) in [6, 6.07) is 9.09. The van der Waals surface area contributed by atoms with Crippen LogP contribution < -0.4 is 10.1 Å². The van der Waals surface area contributed by atoms with Crippen molar-refractivity contribution in [2.24, 2.45) is 0 Å². The maximum absolute atomic E-state index is 5.48. The lowest BCUT2D eigenvalue weighted by atomic mass is 9.93. The summed E-state index contributed by atoms with van der Waals surface area (Å²) in [7, 11) is 1.77. The molecule has 1 aromatic carbocycles. The number of hydrogen-bond donors (Lipinski definition) is 1. The van der Waals surface area contributed by atoms with Crippen LogP contribution >= 0.6 is 0 Å². The second-order valence-corrected chi connectivity index (χ2v) is 4.84. The molecular weight excluding hydrogens is 210 g/mol. The van der Waals surface area contributed by atoms with Crippen LogP contribution in [0, 0.1) is 0 Å². The molecular formula is C15H23NO. The minimum absolute atomic E-state index is 0.623. The van der Waals surface area contributed by atoms with Crippen LogP contribution in [-0.4, -0.2) is 19.7 Å².